The minimum Gasteiger partial charge on any atom is -0.393 e. The predicted octanol–water partition coefficient (Wildman–Crippen LogP) is 5.43. The van der Waals surface area contributed by atoms with Gasteiger partial charge in [-0.25, -0.2) is 18.6 Å². The fourth-order valence-corrected chi connectivity index (χ4v) is 9.14. The number of hydrogen-bond acceptors (Lipinski definition) is 10. The van der Waals surface area contributed by atoms with Crippen LogP contribution >= 0.6 is 0 Å². The third-order valence-electron chi connectivity index (χ3n) is 12.6. The molecule has 3 N–H and O–H groups in total. The summed E-state index contributed by atoms with van der Waals surface area (Å²) in [6.07, 6.45) is 7.38. The van der Waals surface area contributed by atoms with Crippen LogP contribution in [0.1, 0.15) is 81.0 Å². The van der Waals surface area contributed by atoms with E-state index in [0.29, 0.717) is 31.1 Å². The topological polar surface area (TPSA) is 152 Å². The number of piperidine rings is 1. The number of rotatable bonds is 17. The largest absolute Gasteiger partial charge is 0.393 e. The van der Waals surface area contributed by atoms with E-state index in [0.717, 1.165) is 117 Å². The second-order valence-electron chi connectivity index (χ2n) is 16.8. The second-order valence-corrected chi connectivity index (χ2v) is 16.8. The molecule has 2 aliphatic heterocycles. The number of aromatic nitrogens is 5. The van der Waals surface area contributed by atoms with E-state index in [2.05, 4.69) is 60.4 Å². The van der Waals surface area contributed by atoms with Gasteiger partial charge in [-0.2, -0.15) is 4.98 Å². The van der Waals surface area contributed by atoms with Crippen molar-refractivity contribution in [3.05, 3.63) is 76.5 Å². The first-order chi connectivity index (χ1) is 29.6. The molecule has 3 fully saturated rings. The molecule has 0 spiro atoms. The molecule has 3 aliphatic rings. The normalized spacial score (nSPS) is 20.6. The van der Waals surface area contributed by atoms with Crippen molar-refractivity contribution in [2.45, 2.75) is 95.4 Å². The lowest BCUT2D eigenvalue weighted by Crippen LogP contribution is -2.46. The number of alkyl halides is 2. The van der Waals surface area contributed by atoms with Crippen molar-refractivity contribution in [2.75, 3.05) is 57.8 Å². The molecule has 1 atom stereocenters. The summed E-state index contributed by atoms with van der Waals surface area (Å²) < 4.78 is 36.8. The summed E-state index contributed by atoms with van der Waals surface area (Å²) in [5.74, 6) is -0.388. The zero-order valence-electron chi connectivity index (χ0n) is 34.9. The summed E-state index contributed by atoms with van der Waals surface area (Å²) in [6.45, 7) is 7.40. The van der Waals surface area contributed by atoms with Gasteiger partial charge in [0.2, 0.25) is 24.2 Å². The van der Waals surface area contributed by atoms with Crippen LogP contribution in [0.2, 0.25) is 0 Å². The maximum Gasteiger partial charge on any atom is 0.329 e. The van der Waals surface area contributed by atoms with Crippen molar-refractivity contribution in [3.8, 4) is 11.1 Å². The Hall–Kier alpha value is -5.03. The number of amides is 2. The first-order valence-electron chi connectivity index (χ1n) is 21.8. The monoisotopic (exact) mass is 841 g/mol. The fraction of sp³-hybridized carbons (Fsp3) is 0.533. The third-order valence-corrected chi connectivity index (χ3v) is 12.6. The zero-order valence-corrected chi connectivity index (χ0v) is 34.9. The maximum absolute atomic E-state index is 13.1. The Labute approximate surface area is 353 Å². The molecule has 8 rings (SSSR count). The van der Waals surface area contributed by atoms with Crippen LogP contribution in [0.3, 0.4) is 0 Å². The Balaban J connectivity index is 0.768. The number of ether oxygens (including phenoxy) is 1. The molecule has 326 valence electrons. The molecule has 2 amide bonds. The lowest BCUT2D eigenvalue weighted by atomic mass is 9.93. The summed E-state index contributed by atoms with van der Waals surface area (Å²) in [4.78, 5) is 51.5. The van der Waals surface area contributed by atoms with E-state index < -0.39 is 18.4 Å². The number of aliphatic hydroxyl groups excluding tert-OH is 1. The highest BCUT2D eigenvalue weighted by molar-refractivity contribution is 6.00. The molecule has 0 unspecified atom stereocenters. The predicted molar refractivity (Wildman–Crippen MR) is 230 cm³/mol. The number of benzene rings is 2. The number of carbonyl (C=O) groups excluding carboxylic acids is 2. The van der Waals surface area contributed by atoms with Crippen molar-refractivity contribution in [1.82, 2.24) is 38.8 Å². The molecule has 61 heavy (non-hydrogen) atoms. The number of fused-ring (bicyclic) bond motifs is 2. The van der Waals surface area contributed by atoms with E-state index in [1.165, 1.54) is 10.1 Å². The minimum atomic E-state index is -2.39. The molecular formula is C45H57F2N9O5. The molecule has 0 bridgehead atoms. The molecule has 16 heteroatoms. The SMILES string of the molecule is Cn1c(=O)n([C@H]2CCC(=O)NC2=O)c2ccc(CCCOCCCN3CCN(Cc4ccc(-c5cn([C@H]6CC[C@H](O)CC6)c6nc(NCCC(F)F)ncc56)cc4)CC3)cc21. The van der Waals surface area contributed by atoms with E-state index in [1.54, 1.807) is 17.8 Å². The quantitative estimate of drug-likeness (QED) is 0.0817. The number of nitrogens with zero attached hydrogens (tertiary/aromatic N) is 7. The van der Waals surface area contributed by atoms with Crippen LogP contribution in [0.4, 0.5) is 14.7 Å². The van der Waals surface area contributed by atoms with Gasteiger partial charge in [0, 0.05) is 108 Å². The van der Waals surface area contributed by atoms with Crippen LogP contribution in [0.5, 0.6) is 0 Å². The number of carbonyl (C=O) groups is 2. The van der Waals surface area contributed by atoms with E-state index >= 15 is 0 Å². The van der Waals surface area contributed by atoms with Gasteiger partial charge in [-0.3, -0.25) is 28.9 Å². The highest BCUT2D eigenvalue weighted by Gasteiger charge is 2.31. The molecule has 3 aromatic heterocycles. The maximum atomic E-state index is 13.1. The summed E-state index contributed by atoms with van der Waals surface area (Å²) in [5.41, 5.74) is 6.46. The minimum absolute atomic E-state index is 0.0991. The van der Waals surface area contributed by atoms with Gasteiger partial charge in [-0.1, -0.05) is 30.3 Å². The standard InChI is InChI=1S/C45H57F2N9O5/c1-52-39-26-30(7-14-37(39)56(45(52)60)38-15-16-41(58)50-43(38)59)4-2-24-61-25-3-19-53-20-22-54(23-21-53)28-31-5-8-32(9-6-31)36-29-55(33-10-12-34(57)13-11-33)42-35(36)27-49-44(51-42)48-18-17-40(46)47/h5-9,14,26-27,29,33-34,38,40,57H,2-4,10-13,15-25,28H2,1H3,(H,48,49,51)(H,50,58,59)/t33-,34-,38-/m0/s1. The molecule has 0 radical (unpaired) electrons. The Kier molecular flexibility index (Phi) is 13.5. The van der Waals surface area contributed by atoms with Crippen molar-refractivity contribution in [3.63, 3.8) is 0 Å². The summed E-state index contributed by atoms with van der Waals surface area (Å²) in [6, 6.07) is 14.1. The number of imide groups is 1. The highest BCUT2D eigenvalue weighted by Crippen LogP contribution is 2.37. The fourth-order valence-electron chi connectivity index (χ4n) is 9.14. The number of imidazole rings is 1. The first kappa shape index (κ1) is 42.7. The molecule has 2 saturated heterocycles. The third kappa shape index (κ3) is 10.0. The summed E-state index contributed by atoms with van der Waals surface area (Å²) in [5, 5.41) is 16.4. The number of anilines is 1. The van der Waals surface area contributed by atoms with Crippen LogP contribution in [0.25, 0.3) is 33.2 Å². The van der Waals surface area contributed by atoms with E-state index in [9.17, 15) is 28.3 Å². The summed E-state index contributed by atoms with van der Waals surface area (Å²) in [7, 11) is 1.71. The Bertz CT molecular complexity index is 2360. The summed E-state index contributed by atoms with van der Waals surface area (Å²) >= 11 is 0. The zero-order chi connectivity index (χ0) is 42.5. The van der Waals surface area contributed by atoms with Crippen LogP contribution in [0, 0.1) is 0 Å². The van der Waals surface area contributed by atoms with Crippen molar-refractivity contribution >= 4 is 39.8 Å². The number of aryl methyl sites for hydroxylation is 2. The number of halogens is 2. The van der Waals surface area contributed by atoms with Crippen LogP contribution in [-0.2, 0) is 34.3 Å². The van der Waals surface area contributed by atoms with Crippen molar-refractivity contribution in [2.24, 2.45) is 7.05 Å². The van der Waals surface area contributed by atoms with Crippen molar-refractivity contribution < 1.29 is 28.2 Å². The van der Waals surface area contributed by atoms with Crippen LogP contribution < -0.4 is 16.3 Å². The molecule has 1 saturated carbocycles. The lowest BCUT2D eigenvalue weighted by molar-refractivity contribution is -0.135. The number of aliphatic hydroxyl groups is 1. The van der Waals surface area contributed by atoms with Gasteiger partial charge in [0.25, 0.3) is 0 Å². The number of piperazine rings is 1. The Morgan fingerprint density at radius 2 is 1.66 bits per heavy atom. The molecule has 5 aromatic rings. The van der Waals surface area contributed by atoms with Crippen LogP contribution in [-0.4, -0.2) is 115 Å². The van der Waals surface area contributed by atoms with Crippen LogP contribution in [0.15, 0.2) is 59.7 Å². The Morgan fingerprint density at radius 3 is 2.41 bits per heavy atom. The van der Waals surface area contributed by atoms with Gasteiger partial charge in [-0.15, -0.1) is 0 Å². The molecular weight excluding hydrogens is 785 g/mol. The van der Waals surface area contributed by atoms with Crippen molar-refractivity contribution in [1.29, 1.82) is 0 Å². The second kappa shape index (κ2) is 19.3. The van der Waals surface area contributed by atoms with Gasteiger partial charge in [0.15, 0.2) is 0 Å². The highest BCUT2D eigenvalue weighted by atomic mass is 19.3. The molecule has 5 heterocycles. The number of hydrogen-bond donors (Lipinski definition) is 3. The molecule has 14 nitrogen and oxygen atoms in total. The lowest BCUT2D eigenvalue weighted by Gasteiger charge is -2.34. The molecule has 2 aromatic carbocycles. The average Bonchev–Trinajstić information content (AvgIpc) is 3.75. The van der Waals surface area contributed by atoms with E-state index in [4.69, 9.17) is 9.72 Å². The number of nitrogens with one attached hydrogen (secondary N) is 2. The average molecular weight is 842 g/mol. The van der Waals surface area contributed by atoms with Gasteiger partial charge in [-0.05, 0) is 80.2 Å². The van der Waals surface area contributed by atoms with Gasteiger partial charge in [0.1, 0.15) is 11.7 Å². The van der Waals surface area contributed by atoms with E-state index in [1.807, 2.05) is 18.2 Å². The molecule has 1 aliphatic carbocycles. The van der Waals surface area contributed by atoms with Gasteiger partial charge < -0.3 is 24.6 Å². The first-order valence-corrected chi connectivity index (χ1v) is 21.8. The Morgan fingerprint density at radius 1 is 0.918 bits per heavy atom. The van der Waals surface area contributed by atoms with E-state index in [-0.39, 0.29) is 43.1 Å². The van der Waals surface area contributed by atoms with Gasteiger partial charge in [0.05, 0.1) is 17.1 Å². The smallest absolute Gasteiger partial charge is 0.329 e. The van der Waals surface area contributed by atoms with Gasteiger partial charge >= 0.3 is 5.69 Å².